The Hall–Kier alpha value is -2.32. The van der Waals surface area contributed by atoms with E-state index in [9.17, 15) is 4.79 Å². The maximum Gasteiger partial charge on any atom is 0.254 e. The van der Waals surface area contributed by atoms with E-state index in [-0.39, 0.29) is 12.5 Å². The van der Waals surface area contributed by atoms with Crippen molar-refractivity contribution in [3.8, 4) is 5.69 Å². The number of anilines is 1. The molecule has 0 aliphatic carbocycles. The molecule has 0 radical (unpaired) electrons. The molecule has 2 rings (SSSR count). The van der Waals surface area contributed by atoms with Crippen LogP contribution in [-0.4, -0.2) is 45.9 Å². The second-order valence-electron chi connectivity index (χ2n) is 4.14. The third-order valence-corrected chi connectivity index (χ3v) is 2.77. The molecule has 1 aromatic carbocycles. The summed E-state index contributed by atoms with van der Waals surface area (Å²) in [5, 5.41) is 14.0. The van der Waals surface area contributed by atoms with Gasteiger partial charge in [-0.2, -0.15) is 4.68 Å². The van der Waals surface area contributed by atoms with Crippen LogP contribution >= 0.6 is 0 Å². The minimum Gasteiger partial charge on any atom is -0.370 e. The molecule has 106 valence electrons. The average Bonchev–Trinajstić information content (AvgIpc) is 2.86. The number of carbonyl (C=O) groups is 1. The number of amides is 1. The molecule has 0 saturated carbocycles. The number of methoxy groups -OCH3 is 1. The number of carbonyl (C=O) groups excluding carboxylic acids is 1. The van der Waals surface area contributed by atoms with E-state index < -0.39 is 6.10 Å². The van der Waals surface area contributed by atoms with Gasteiger partial charge in [-0.3, -0.25) is 4.79 Å². The lowest BCUT2D eigenvalue weighted by Crippen LogP contribution is -2.35. The van der Waals surface area contributed by atoms with Crippen LogP contribution in [0.3, 0.4) is 0 Å². The fourth-order valence-electron chi connectivity index (χ4n) is 1.72. The SMILES string of the molecule is COC(CN)C(=O)Nc1cccc(-n2nnnc2C)c1. The molecule has 0 aliphatic heterocycles. The van der Waals surface area contributed by atoms with Crippen molar-refractivity contribution in [3.05, 3.63) is 30.1 Å². The van der Waals surface area contributed by atoms with E-state index in [1.807, 2.05) is 6.07 Å². The number of nitrogens with one attached hydrogen (secondary N) is 1. The number of nitrogens with zero attached hydrogens (tertiary/aromatic N) is 4. The molecule has 1 amide bonds. The van der Waals surface area contributed by atoms with Crippen LogP contribution in [0, 0.1) is 6.92 Å². The molecule has 0 spiro atoms. The highest BCUT2D eigenvalue weighted by atomic mass is 16.5. The molecular weight excluding hydrogens is 260 g/mol. The Balaban J connectivity index is 2.19. The molecule has 0 fully saturated rings. The summed E-state index contributed by atoms with van der Waals surface area (Å²) in [4.78, 5) is 11.9. The lowest BCUT2D eigenvalue weighted by Gasteiger charge is -2.13. The average molecular weight is 276 g/mol. The fourth-order valence-corrected chi connectivity index (χ4v) is 1.72. The van der Waals surface area contributed by atoms with Crippen LogP contribution < -0.4 is 11.1 Å². The van der Waals surface area contributed by atoms with Gasteiger partial charge in [0.05, 0.1) is 5.69 Å². The topological polar surface area (TPSA) is 108 Å². The number of rotatable bonds is 5. The molecular formula is C12H16N6O2. The quantitative estimate of drug-likeness (QED) is 0.788. The van der Waals surface area contributed by atoms with Gasteiger partial charge >= 0.3 is 0 Å². The van der Waals surface area contributed by atoms with Crippen LogP contribution in [0.15, 0.2) is 24.3 Å². The molecule has 0 bridgehead atoms. The van der Waals surface area contributed by atoms with E-state index in [0.29, 0.717) is 11.5 Å². The fraction of sp³-hybridized carbons (Fsp3) is 0.333. The highest BCUT2D eigenvalue weighted by molar-refractivity contribution is 5.94. The second kappa shape index (κ2) is 6.22. The third kappa shape index (κ3) is 2.98. The van der Waals surface area contributed by atoms with Gasteiger partial charge in [0.25, 0.3) is 5.91 Å². The first-order valence-corrected chi connectivity index (χ1v) is 6.05. The van der Waals surface area contributed by atoms with Crippen LogP contribution in [0.1, 0.15) is 5.82 Å². The van der Waals surface area contributed by atoms with E-state index in [0.717, 1.165) is 5.69 Å². The first-order chi connectivity index (χ1) is 9.65. The smallest absolute Gasteiger partial charge is 0.254 e. The zero-order chi connectivity index (χ0) is 14.5. The maximum absolute atomic E-state index is 11.9. The Morgan fingerprint density at radius 1 is 1.55 bits per heavy atom. The summed E-state index contributed by atoms with van der Waals surface area (Å²) in [5.41, 5.74) is 6.83. The normalized spacial score (nSPS) is 12.2. The molecule has 0 aliphatic rings. The summed E-state index contributed by atoms with van der Waals surface area (Å²) in [6.45, 7) is 1.91. The van der Waals surface area contributed by atoms with Crippen molar-refractivity contribution < 1.29 is 9.53 Å². The maximum atomic E-state index is 11.9. The van der Waals surface area contributed by atoms with Crippen LogP contribution in [-0.2, 0) is 9.53 Å². The van der Waals surface area contributed by atoms with Crippen molar-refractivity contribution in [1.29, 1.82) is 0 Å². The molecule has 0 saturated heterocycles. The highest BCUT2D eigenvalue weighted by Crippen LogP contribution is 2.15. The van der Waals surface area contributed by atoms with Crippen molar-refractivity contribution >= 4 is 11.6 Å². The van der Waals surface area contributed by atoms with Gasteiger partial charge in [-0.1, -0.05) is 6.07 Å². The molecule has 1 aromatic heterocycles. The minimum atomic E-state index is -0.673. The molecule has 1 atom stereocenters. The third-order valence-electron chi connectivity index (χ3n) is 2.77. The van der Waals surface area contributed by atoms with E-state index >= 15 is 0 Å². The number of ether oxygens (including phenoxy) is 1. The first kappa shape index (κ1) is 14.1. The lowest BCUT2D eigenvalue weighted by atomic mass is 10.2. The zero-order valence-electron chi connectivity index (χ0n) is 11.3. The molecule has 2 aromatic rings. The van der Waals surface area contributed by atoms with Crippen molar-refractivity contribution in [1.82, 2.24) is 20.2 Å². The monoisotopic (exact) mass is 276 g/mol. The molecule has 20 heavy (non-hydrogen) atoms. The van der Waals surface area contributed by atoms with E-state index in [1.165, 1.54) is 7.11 Å². The van der Waals surface area contributed by atoms with Crippen LogP contribution in [0.5, 0.6) is 0 Å². The van der Waals surface area contributed by atoms with Gasteiger partial charge in [-0.25, -0.2) is 0 Å². The van der Waals surface area contributed by atoms with E-state index in [1.54, 1.807) is 29.8 Å². The standard InChI is InChI=1S/C12H16N6O2/c1-8-15-16-17-18(8)10-5-3-4-9(6-10)14-12(19)11(7-13)20-2/h3-6,11H,7,13H2,1-2H3,(H,14,19). The summed E-state index contributed by atoms with van der Waals surface area (Å²) in [7, 11) is 1.44. The van der Waals surface area contributed by atoms with Crippen LogP contribution in [0.2, 0.25) is 0 Å². The van der Waals surface area contributed by atoms with E-state index in [2.05, 4.69) is 20.8 Å². The number of hydrogen-bond donors (Lipinski definition) is 2. The highest BCUT2D eigenvalue weighted by Gasteiger charge is 2.16. The van der Waals surface area contributed by atoms with Crippen LogP contribution in [0.25, 0.3) is 5.69 Å². The molecule has 8 heteroatoms. The summed E-state index contributed by atoms with van der Waals surface area (Å²) in [6.07, 6.45) is -0.673. The summed E-state index contributed by atoms with van der Waals surface area (Å²) in [6, 6.07) is 7.18. The molecule has 8 nitrogen and oxygen atoms in total. The summed E-state index contributed by atoms with van der Waals surface area (Å²) >= 11 is 0. The Morgan fingerprint density at radius 3 is 2.95 bits per heavy atom. The zero-order valence-corrected chi connectivity index (χ0v) is 11.3. The Bertz CT molecular complexity index is 593. The first-order valence-electron chi connectivity index (χ1n) is 6.05. The second-order valence-corrected chi connectivity index (χ2v) is 4.14. The number of aromatic nitrogens is 4. The molecule has 1 heterocycles. The minimum absolute atomic E-state index is 0.119. The summed E-state index contributed by atoms with van der Waals surface area (Å²) in [5.74, 6) is 0.366. The number of nitrogens with two attached hydrogens (primary N) is 1. The van der Waals surface area contributed by atoms with Gasteiger partial charge in [-0.05, 0) is 35.5 Å². The van der Waals surface area contributed by atoms with Crippen molar-refractivity contribution in [3.63, 3.8) is 0 Å². The molecule has 3 N–H and O–H groups in total. The van der Waals surface area contributed by atoms with E-state index in [4.69, 9.17) is 10.5 Å². The van der Waals surface area contributed by atoms with Gasteiger partial charge < -0.3 is 15.8 Å². The van der Waals surface area contributed by atoms with Gasteiger partial charge in [0, 0.05) is 19.3 Å². The summed E-state index contributed by atoms with van der Waals surface area (Å²) < 4.78 is 6.56. The van der Waals surface area contributed by atoms with Gasteiger partial charge in [-0.15, -0.1) is 5.10 Å². The van der Waals surface area contributed by atoms with Gasteiger partial charge in [0.2, 0.25) is 0 Å². The van der Waals surface area contributed by atoms with Crippen molar-refractivity contribution in [2.75, 3.05) is 19.0 Å². The predicted molar refractivity (Wildman–Crippen MR) is 72.4 cm³/mol. The lowest BCUT2D eigenvalue weighted by molar-refractivity contribution is -0.125. The Kier molecular flexibility index (Phi) is 4.38. The van der Waals surface area contributed by atoms with Crippen LogP contribution in [0.4, 0.5) is 5.69 Å². The number of aryl methyl sites for hydroxylation is 1. The number of tetrazole rings is 1. The Labute approximate surface area is 115 Å². The number of hydrogen-bond acceptors (Lipinski definition) is 6. The largest absolute Gasteiger partial charge is 0.370 e. The predicted octanol–water partition coefficient (Wildman–Crippen LogP) is -0.117. The Morgan fingerprint density at radius 2 is 2.35 bits per heavy atom. The van der Waals surface area contributed by atoms with Crippen molar-refractivity contribution in [2.24, 2.45) is 5.73 Å². The van der Waals surface area contributed by atoms with Crippen molar-refractivity contribution in [2.45, 2.75) is 13.0 Å². The van der Waals surface area contributed by atoms with Gasteiger partial charge in [0.15, 0.2) is 5.82 Å². The number of benzene rings is 1. The molecule has 1 unspecified atom stereocenters. The van der Waals surface area contributed by atoms with Gasteiger partial charge in [0.1, 0.15) is 6.10 Å².